The van der Waals surface area contributed by atoms with Crippen LogP contribution in [-0.2, 0) is 0 Å². The van der Waals surface area contributed by atoms with Crippen molar-refractivity contribution in [3.63, 3.8) is 0 Å². The first-order valence-corrected chi connectivity index (χ1v) is 7.50. The molecule has 0 bridgehead atoms. The molecule has 110 valence electrons. The maximum Gasteiger partial charge on any atom is 0.282 e. The zero-order valence-electron chi connectivity index (χ0n) is 11.1. The van der Waals surface area contributed by atoms with Crippen LogP contribution in [0.3, 0.4) is 0 Å². The number of hydrogen-bond acceptors (Lipinski definition) is 3. The van der Waals surface area contributed by atoms with E-state index in [-0.39, 0.29) is 15.9 Å². The lowest BCUT2D eigenvalue weighted by Crippen LogP contribution is -2.18. The Morgan fingerprint density at radius 3 is 2.82 bits per heavy atom. The zero-order valence-corrected chi connectivity index (χ0v) is 13.5. The average molecular weight is 378 g/mol. The Morgan fingerprint density at radius 1 is 1.27 bits per heavy atom. The second-order valence-corrected chi connectivity index (χ2v) is 5.81. The molecule has 0 atom stereocenters. The van der Waals surface area contributed by atoms with Gasteiger partial charge in [-0.2, -0.15) is 9.78 Å². The van der Waals surface area contributed by atoms with E-state index in [1.54, 1.807) is 36.4 Å². The minimum Gasteiger partial charge on any atom is -0.330 e. The summed E-state index contributed by atoms with van der Waals surface area (Å²) in [5.41, 5.74) is 0.546. The number of nitrogens with zero attached hydrogens (tertiary/aromatic N) is 2. The molecule has 4 nitrogen and oxygen atoms in total. The summed E-state index contributed by atoms with van der Waals surface area (Å²) in [5.74, 6) is -0.443. The van der Waals surface area contributed by atoms with E-state index >= 15 is 0 Å². The number of rotatable bonds is 2. The maximum atomic E-state index is 13.8. The quantitative estimate of drug-likeness (QED) is 0.544. The summed E-state index contributed by atoms with van der Waals surface area (Å²) in [5, 5.41) is 4.47. The third-order valence-electron chi connectivity index (χ3n) is 3.06. The van der Waals surface area contributed by atoms with Crippen LogP contribution in [0.5, 0.6) is 0 Å². The lowest BCUT2D eigenvalue weighted by molar-refractivity contribution is 0.624. The van der Waals surface area contributed by atoms with Crippen LogP contribution in [0.25, 0.3) is 10.9 Å². The van der Waals surface area contributed by atoms with Crippen LogP contribution in [0.15, 0.2) is 56.8 Å². The molecule has 1 heterocycles. The fourth-order valence-corrected chi connectivity index (χ4v) is 2.56. The first kappa shape index (κ1) is 14.8. The van der Waals surface area contributed by atoms with Gasteiger partial charge in [-0.05, 0) is 42.5 Å². The number of hydrogen-bond donors (Lipinski definition) is 1. The molecule has 22 heavy (non-hydrogen) atoms. The average Bonchev–Trinajstić information content (AvgIpc) is 2.49. The van der Waals surface area contributed by atoms with Crippen LogP contribution in [0.2, 0.25) is 0 Å². The molecule has 7 heteroatoms. The van der Waals surface area contributed by atoms with E-state index in [0.717, 1.165) is 4.68 Å². The summed E-state index contributed by atoms with van der Waals surface area (Å²) < 4.78 is 15.6. The summed E-state index contributed by atoms with van der Waals surface area (Å²) in [6.45, 7) is 0. The third kappa shape index (κ3) is 2.77. The van der Waals surface area contributed by atoms with Gasteiger partial charge in [-0.15, -0.1) is 0 Å². The summed E-state index contributed by atoms with van der Waals surface area (Å²) in [6.07, 6.45) is 1.27. The van der Waals surface area contributed by atoms with Gasteiger partial charge in [-0.25, -0.2) is 4.39 Å². The molecule has 0 unspecified atom stereocenters. The predicted octanol–water partition coefficient (Wildman–Crippen LogP) is 3.84. The molecule has 2 aromatic carbocycles. The van der Waals surface area contributed by atoms with Gasteiger partial charge in [0.15, 0.2) is 0 Å². The van der Waals surface area contributed by atoms with Crippen molar-refractivity contribution >= 4 is 45.3 Å². The van der Waals surface area contributed by atoms with Gasteiger partial charge in [0.25, 0.3) is 5.56 Å². The topological polar surface area (TPSA) is 50.1 Å². The molecule has 0 fully saturated rings. The highest BCUT2D eigenvalue weighted by Gasteiger charge is 2.04. The van der Waals surface area contributed by atoms with E-state index in [1.807, 2.05) is 0 Å². The standard InChI is InChI=1S/C15H9BrFN3OS/c16-10-6-5-9(12(17)7-10)8-18-20-14(21)11-3-1-2-4-13(11)19-15(20)22/h1-8H,(H,19,22)/b18-8-. The van der Waals surface area contributed by atoms with Crippen LogP contribution in [0.4, 0.5) is 4.39 Å². The van der Waals surface area contributed by atoms with Crippen molar-refractivity contribution in [1.29, 1.82) is 0 Å². The maximum absolute atomic E-state index is 13.8. The Morgan fingerprint density at radius 2 is 2.05 bits per heavy atom. The molecule has 1 aromatic heterocycles. The van der Waals surface area contributed by atoms with Crippen molar-refractivity contribution in [3.8, 4) is 0 Å². The van der Waals surface area contributed by atoms with Crippen molar-refractivity contribution in [3.05, 3.63) is 73.4 Å². The molecule has 0 spiro atoms. The highest BCUT2D eigenvalue weighted by molar-refractivity contribution is 9.10. The van der Waals surface area contributed by atoms with Gasteiger partial charge < -0.3 is 4.98 Å². The Kier molecular flexibility index (Phi) is 4.00. The van der Waals surface area contributed by atoms with E-state index in [1.165, 1.54) is 12.3 Å². The summed E-state index contributed by atoms with van der Waals surface area (Å²) in [4.78, 5) is 15.3. The van der Waals surface area contributed by atoms with Crippen molar-refractivity contribution in [1.82, 2.24) is 9.66 Å². The van der Waals surface area contributed by atoms with Gasteiger partial charge >= 0.3 is 0 Å². The van der Waals surface area contributed by atoms with Crippen molar-refractivity contribution < 1.29 is 4.39 Å². The van der Waals surface area contributed by atoms with Gasteiger partial charge in [0.05, 0.1) is 17.1 Å². The molecule has 0 saturated carbocycles. The van der Waals surface area contributed by atoms with Crippen LogP contribution in [0.1, 0.15) is 5.56 Å². The minimum absolute atomic E-state index is 0.150. The largest absolute Gasteiger partial charge is 0.330 e. The second-order valence-electron chi connectivity index (χ2n) is 4.50. The number of halogens is 2. The molecule has 0 aliphatic carbocycles. The highest BCUT2D eigenvalue weighted by Crippen LogP contribution is 2.14. The Hall–Kier alpha value is -2.12. The van der Waals surface area contributed by atoms with Crippen LogP contribution in [-0.4, -0.2) is 15.9 Å². The van der Waals surface area contributed by atoms with Gasteiger partial charge in [0, 0.05) is 10.0 Å². The summed E-state index contributed by atoms with van der Waals surface area (Å²) in [7, 11) is 0. The number of aromatic nitrogens is 2. The van der Waals surface area contributed by atoms with E-state index in [4.69, 9.17) is 12.2 Å². The molecule has 3 rings (SSSR count). The lowest BCUT2D eigenvalue weighted by atomic mass is 10.2. The molecule has 0 aliphatic rings. The number of para-hydroxylation sites is 1. The number of aromatic amines is 1. The molecular formula is C15H9BrFN3OS. The number of benzene rings is 2. The van der Waals surface area contributed by atoms with Gasteiger partial charge in [0.2, 0.25) is 4.77 Å². The van der Waals surface area contributed by atoms with E-state index in [2.05, 4.69) is 26.0 Å². The monoisotopic (exact) mass is 377 g/mol. The first-order valence-electron chi connectivity index (χ1n) is 6.30. The fourth-order valence-electron chi connectivity index (χ4n) is 1.98. The van der Waals surface area contributed by atoms with Gasteiger partial charge in [-0.1, -0.05) is 28.1 Å². The van der Waals surface area contributed by atoms with E-state index in [9.17, 15) is 9.18 Å². The zero-order chi connectivity index (χ0) is 15.7. The predicted molar refractivity (Wildman–Crippen MR) is 90.5 cm³/mol. The van der Waals surface area contributed by atoms with Gasteiger partial charge in [-0.3, -0.25) is 4.79 Å². The van der Waals surface area contributed by atoms with Crippen LogP contribution < -0.4 is 5.56 Å². The minimum atomic E-state index is -0.443. The molecule has 1 N–H and O–H groups in total. The van der Waals surface area contributed by atoms with Crippen molar-refractivity contribution in [2.45, 2.75) is 0 Å². The summed E-state index contributed by atoms with van der Waals surface area (Å²) in [6, 6.07) is 11.6. The van der Waals surface area contributed by atoms with Crippen LogP contribution >= 0.6 is 28.1 Å². The molecule has 0 aliphatic heterocycles. The normalized spacial score (nSPS) is 11.4. The summed E-state index contributed by atoms with van der Waals surface area (Å²) >= 11 is 8.31. The SMILES string of the molecule is O=c1c2ccccc2[nH]c(=S)n1/N=C\c1ccc(Br)cc1F. The highest BCUT2D eigenvalue weighted by atomic mass is 79.9. The number of nitrogens with one attached hydrogen (secondary N) is 1. The second kappa shape index (κ2) is 5.94. The van der Waals surface area contributed by atoms with Gasteiger partial charge in [0.1, 0.15) is 5.82 Å². The molecule has 3 aromatic rings. The van der Waals surface area contributed by atoms with Crippen molar-refractivity contribution in [2.24, 2.45) is 5.10 Å². The lowest BCUT2D eigenvalue weighted by Gasteiger charge is -2.02. The number of H-pyrrole nitrogens is 1. The molecule has 0 saturated heterocycles. The van der Waals surface area contributed by atoms with Crippen molar-refractivity contribution in [2.75, 3.05) is 0 Å². The smallest absolute Gasteiger partial charge is 0.282 e. The molecule has 0 radical (unpaired) electrons. The number of fused-ring (bicyclic) bond motifs is 1. The molecule has 0 amide bonds. The first-order chi connectivity index (χ1) is 10.6. The van der Waals surface area contributed by atoms with E-state index < -0.39 is 5.82 Å². The van der Waals surface area contributed by atoms with E-state index in [0.29, 0.717) is 15.4 Å². The fraction of sp³-hybridized carbons (Fsp3) is 0. The van der Waals surface area contributed by atoms with Crippen LogP contribution in [0, 0.1) is 10.6 Å². The Bertz CT molecular complexity index is 1010. The Balaban J connectivity index is 2.13. The molecular weight excluding hydrogens is 369 g/mol. The Labute approximate surface area is 138 Å². The third-order valence-corrected chi connectivity index (χ3v) is 3.83.